The van der Waals surface area contributed by atoms with Crippen LogP contribution in [-0.4, -0.2) is 17.9 Å². The lowest BCUT2D eigenvalue weighted by Gasteiger charge is -2.09. The molecule has 0 radical (unpaired) electrons. The number of carbonyl (C=O) groups excluding carboxylic acids is 1. The Kier molecular flexibility index (Phi) is 3.88. The molecule has 0 aliphatic rings. The molecule has 0 aliphatic heterocycles. The predicted octanol–water partition coefficient (Wildman–Crippen LogP) is 2.79. The molecule has 4 nitrogen and oxygen atoms in total. The molecule has 0 saturated carbocycles. The van der Waals surface area contributed by atoms with Gasteiger partial charge in [-0.15, -0.1) is 0 Å². The molecule has 2 N–H and O–H groups in total. The second-order valence-electron chi connectivity index (χ2n) is 3.85. The molecule has 7 heteroatoms. The van der Waals surface area contributed by atoms with Crippen molar-refractivity contribution in [3.05, 3.63) is 53.5 Å². The Morgan fingerprint density at radius 3 is 2.65 bits per heavy atom. The second kappa shape index (κ2) is 5.60. The maximum Gasteiger partial charge on any atom is 0.258 e. The van der Waals surface area contributed by atoms with Crippen LogP contribution in [0.3, 0.4) is 0 Å². The quantitative estimate of drug-likeness (QED) is 0.909. The van der Waals surface area contributed by atoms with Crippen LogP contribution in [0, 0.1) is 17.5 Å². The van der Waals surface area contributed by atoms with Gasteiger partial charge in [-0.3, -0.25) is 4.79 Å². The van der Waals surface area contributed by atoms with Crippen LogP contribution in [0.5, 0.6) is 0 Å². The van der Waals surface area contributed by atoms with E-state index in [1.54, 1.807) is 0 Å². The zero-order valence-electron chi connectivity index (χ0n) is 10.4. The number of rotatable bonds is 3. The molecule has 104 valence electrons. The molecule has 20 heavy (non-hydrogen) atoms. The number of pyridine rings is 1. The van der Waals surface area contributed by atoms with Crippen LogP contribution >= 0.6 is 0 Å². The molecule has 0 atom stereocenters. The van der Waals surface area contributed by atoms with Crippen LogP contribution in [0.4, 0.5) is 24.7 Å². The minimum Gasteiger partial charge on any atom is -0.371 e. The fraction of sp³-hybridized carbons (Fsp3) is 0.0769. The Balaban J connectivity index is 2.31. The third kappa shape index (κ3) is 2.71. The molecule has 0 fully saturated rings. The Hall–Kier alpha value is -2.57. The van der Waals surface area contributed by atoms with E-state index < -0.39 is 23.4 Å². The largest absolute Gasteiger partial charge is 0.371 e. The van der Waals surface area contributed by atoms with E-state index in [0.29, 0.717) is 0 Å². The van der Waals surface area contributed by atoms with Crippen molar-refractivity contribution < 1.29 is 18.0 Å². The van der Waals surface area contributed by atoms with Crippen LogP contribution in [0.15, 0.2) is 30.5 Å². The van der Waals surface area contributed by atoms with E-state index in [9.17, 15) is 18.0 Å². The number of nitrogens with zero attached hydrogens (tertiary/aromatic N) is 1. The molecule has 0 spiro atoms. The summed E-state index contributed by atoms with van der Waals surface area (Å²) in [5.74, 6) is -3.41. The summed E-state index contributed by atoms with van der Waals surface area (Å²) in [7, 11) is 1.44. The third-order valence-electron chi connectivity index (χ3n) is 2.55. The third-order valence-corrected chi connectivity index (χ3v) is 2.55. The Morgan fingerprint density at radius 2 is 1.95 bits per heavy atom. The van der Waals surface area contributed by atoms with Crippen molar-refractivity contribution in [1.82, 2.24) is 4.98 Å². The van der Waals surface area contributed by atoms with Gasteiger partial charge < -0.3 is 10.6 Å². The molecule has 2 aromatic rings. The summed E-state index contributed by atoms with van der Waals surface area (Å²) in [6.07, 6.45) is 1.23. The van der Waals surface area contributed by atoms with Gasteiger partial charge in [-0.2, -0.15) is 0 Å². The number of amides is 1. The molecule has 1 amide bonds. The monoisotopic (exact) mass is 281 g/mol. The highest BCUT2D eigenvalue weighted by atomic mass is 19.1. The molecule has 0 bridgehead atoms. The van der Waals surface area contributed by atoms with Crippen LogP contribution < -0.4 is 10.6 Å². The summed E-state index contributed by atoms with van der Waals surface area (Å²) < 4.78 is 40.2. The fourth-order valence-electron chi connectivity index (χ4n) is 1.58. The Morgan fingerprint density at radius 1 is 1.20 bits per heavy atom. The number of carbonyl (C=O) groups is 1. The first-order valence-electron chi connectivity index (χ1n) is 5.61. The highest BCUT2D eigenvalue weighted by Crippen LogP contribution is 2.19. The summed E-state index contributed by atoms with van der Waals surface area (Å²) in [5.41, 5.74) is -0.690. The van der Waals surface area contributed by atoms with Crippen molar-refractivity contribution in [2.24, 2.45) is 0 Å². The maximum atomic E-state index is 13.9. The number of aromatic nitrogens is 1. The van der Waals surface area contributed by atoms with E-state index in [0.717, 1.165) is 24.3 Å². The number of anilines is 2. The Bertz CT molecular complexity index is 661. The van der Waals surface area contributed by atoms with Gasteiger partial charge in [0.1, 0.15) is 11.6 Å². The molecule has 1 aromatic heterocycles. The van der Waals surface area contributed by atoms with Gasteiger partial charge in [-0.05, 0) is 18.2 Å². The predicted molar refractivity (Wildman–Crippen MR) is 68.1 cm³/mol. The van der Waals surface area contributed by atoms with Gasteiger partial charge in [0.05, 0.1) is 11.3 Å². The number of hydrogen-bond donors (Lipinski definition) is 2. The molecule has 1 heterocycles. The maximum absolute atomic E-state index is 13.9. The molecule has 1 aromatic carbocycles. The van der Waals surface area contributed by atoms with Crippen molar-refractivity contribution in [3.63, 3.8) is 0 Å². The number of benzene rings is 1. The van der Waals surface area contributed by atoms with E-state index in [-0.39, 0.29) is 17.1 Å². The van der Waals surface area contributed by atoms with E-state index in [1.165, 1.54) is 13.2 Å². The van der Waals surface area contributed by atoms with Crippen LogP contribution in [-0.2, 0) is 0 Å². The zero-order chi connectivity index (χ0) is 14.7. The average molecular weight is 281 g/mol. The van der Waals surface area contributed by atoms with Crippen LogP contribution in [0.1, 0.15) is 10.4 Å². The van der Waals surface area contributed by atoms with Gasteiger partial charge in [0.25, 0.3) is 5.91 Å². The van der Waals surface area contributed by atoms with Crippen LogP contribution in [0.2, 0.25) is 0 Å². The zero-order valence-corrected chi connectivity index (χ0v) is 10.4. The molecule has 0 aliphatic carbocycles. The minimum atomic E-state index is -0.897. The lowest BCUT2D eigenvalue weighted by Crippen LogP contribution is -2.16. The molecule has 0 saturated heterocycles. The van der Waals surface area contributed by atoms with E-state index in [4.69, 9.17) is 0 Å². The minimum absolute atomic E-state index is 0.114. The lowest BCUT2D eigenvalue weighted by atomic mass is 10.2. The first-order valence-corrected chi connectivity index (χ1v) is 5.61. The smallest absolute Gasteiger partial charge is 0.258 e. The first-order chi connectivity index (χ1) is 9.52. The topological polar surface area (TPSA) is 54.0 Å². The first kappa shape index (κ1) is 13.9. The van der Waals surface area contributed by atoms with Gasteiger partial charge in [0, 0.05) is 19.3 Å². The van der Waals surface area contributed by atoms with Gasteiger partial charge in [-0.1, -0.05) is 0 Å². The SMILES string of the molecule is CNc1nccc(C(=O)Nc2cc(F)ccc2F)c1F. The summed E-state index contributed by atoms with van der Waals surface area (Å²) >= 11 is 0. The summed E-state index contributed by atoms with van der Waals surface area (Å²) in [6, 6.07) is 3.73. The molecule has 0 unspecified atom stereocenters. The summed E-state index contributed by atoms with van der Waals surface area (Å²) in [4.78, 5) is 15.5. The summed E-state index contributed by atoms with van der Waals surface area (Å²) in [6.45, 7) is 0. The van der Waals surface area contributed by atoms with Gasteiger partial charge in [0.2, 0.25) is 0 Å². The fourth-order valence-corrected chi connectivity index (χ4v) is 1.58. The molecular weight excluding hydrogens is 271 g/mol. The van der Waals surface area contributed by atoms with Crippen molar-refractivity contribution in [3.8, 4) is 0 Å². The Labute approximate surface area is 112 Å². The summed E-state index contributed by atoms with van der Waals surface area (Å²) in [5, 5.41) is 4.58. The number of halogens is 3. The van der Waals surface area contributed by atoms with Crippen molar-refractivity contribution in [2.75, 3.05) is 17.7 Å². The van der Waals surface area contributed by atoms with Crippen molar-refractivity contribution >= 4 is 17.4 Å². The van der Waals surface area contributed by atoms with E-state index >= 15 is 0 Å². The average Bonchev–Trinajstić information content (AvgIpc) is 2.43. The van der Waals surface area contributed by atoms with Gasteiger partial charge >= 0.3 is 0 Å². The molecular formula is C13H10F3N3O. The van der Waals surface area contributed by atoms with Gasteiger partial charge in [0.15, 0.2) is 11.6 Å². The highest BCUT2D eigenvalue weighted by molar-refractivity contribution is 6.04. The second-order valence-corrected chi connectivity index (χ2v) is 3.85. The van der Waals surface area contributed by atoms with E-state index in [2.05, 4.69) is 15.6 Å². The van der Waals surface area contributed by atoms with Crippen molar-refractivity contribution in [1.29, 1.82) is 0 Å². The van der Waals surface area contributed by atoms with Gasteiger partial charge in [-0.25, -0.2) is 18.2 Å². The number of hydrogen-bond acceptors (Lipinski definition) is 3. The number of nitrogens with one attached hydrogen (secondary N) is 2. The highest BCUT2D eigenvalue weighted by Gasteiger charge is 2.17. The standard InChI is InChI=1S/C13H10F3N3O/c1-17-12-11(16)8(4-5-18-12)13(20)19-10-6-7(14)2-3-9(10)15/h2-6H,1H3,(H,17,18)(H,19,20). The van der Waals surface area contributed by atoms with Crippen molar-refractivity contribution in [2.45, 2.75) is 0 Å². The normalized spacial score (nSPS) is 10.2. The van der Waals surface area contributed by atoms with E-state index in [1.807, 2.05) is 0 Å². The molecule has 2 rings (SSSR count). The lowest BCUT2D eigenvalue weighted by molar-refractivity contribution is 0.102. The van der Waals surface area contributed by atoms with Crippen LogP contribution in [0.25, 0.3) is 0 Å².